The number of ether oxygens (including phenoxy) is 4. The van der Waals surface area contributed by atoms with Gasteiger partial charge in [-0.3, -0.25) is 0 Å². The Balaban J connectivity index is 0.848. The molecule has 8 heteroatoms. The fourth-order valence-electron chi connectivity index (χ4n) is 8.13. The van der Waals surface area contributed by atoms with Crippen molar-refractivity contribution in [2.24, 2.45) is 0 Å². The zero-order valence-electron chi connectivity index (χ0n) is 40.3. The molecule has 0 N–H and O–H groups in total. The maximum absolute atomic E-state index is 13.0. The van der Waals surface area contributed by atoms with Crippen molar-refractivity contribution in [2.75, 3.05) is 0 Å². The molecule has 0 unspecified atom stereocenters. The van der Waals surface area contributed by atoms with Crippen molar-refractivity contribution in [3.8, 4) is 45.3 Å². The van der Waals surface area contributed by atoms with Crippen LogP contribution in [0, 0.1) is 0 Å². The van der Waals surface area contributed by atoms with Crippen molar-refractivity contribution >= 4 is 23.9 Å². The molecule has 0 aliphatic heterocycles. The highest BCUT2D eigenvalue weighted by Crippen LogP contribution is 2.30. The first-order valence-corrected chi connectivity index (χ1v) is 24.8. The van der Waals surface area contributed by atoms with Gasteiger partial charge in [-0.2, -0.15) is 0 Å². The summed E-state index contributed by atoms with van der Waals surface area (Å²) in [5.74, 6) is -0.537. The molecule has 0 bridgehead atoms. The monoisotopic (exact) mass is 934 g/mol. The fourth-order valence-corrected chi connectivity index (χ4v) is 8.13. The molecule has 0 spiro atoms. The third-order valence-corrected chi connectivity index (χ3v) is 12.3. The summed E-state index contributed by atoms with van der Waals surface area (Å²) in [6.45, 7) is 4.44. The van der Waals surface area contributed by atoms with Crippen molar-refractivity contribution < 1.29 is 38.1 Å². The van der Waals surface area contributed by atoms with Gasteiger partial charge in [-0.25, -0.2) is 19.2 Å². The molecule has 0 radical (unpaired) electrons. The number of esters is 4. The lowest BCUT2D eigenvalue weighted by atomic mass is 9.99. The molecule has 7 rings (SSSR count). The molecular weight excluding hydrogens is 873 g/mol. The summed E-state index contributed by atoms with van der Waals surface area (Å²) in [5.41, 5.74) is 7.79. The minimum absolute atomic E-state index is 0.320. The molecule has 0 aromatic heterocycles. The van der Waals surface area contributed by atoms with E-state index >= 15 is 0 Å². The van der Waals surface area contributed by atoms with E-state index in [0.717, 1.165) is 47.9 Å². The molecule has 358 valence electrons. The van der Waals surface area contributed by atoms with Crippen molar-refractivity contribution in [3.63, 3.8) is 0 Å². The summed E-state index contributed by atoms with van der Waals surface area (Å²) in [5, 5.41) is 0. The van der Waals surface area contributed by atoms with Crippen LogP contribution in [0.15, 0.2) is 170 Å². The number of rotatable bonds is 24. The van der Waals surface area contributed by atoms with Gasteiger partial charge in [-0.05, 0) is 162 Å². The zero-order chi connectivity index (χ0) is 48.9. The number of aryl methyl sites for hydroxylation is 2. The van der Waals surface area contributed by atoms with Crippen LogP contribution in [0.25, 0.3) is 22.3 Å². The highest BCUT2D eigenvalue weighted by atomic mass is 16.5. The second kappa shape index (κ2) is 26.3. The topological polar surface area (TPSA) is 105 Å². The molecule has 0 saturated carbocycles. The van der Waals surface area contributed by atoms with Crippen LogP contribution in [0.4, 0.5) is 0 Å². The number of carbonyl (C=O) groups excluding carboxylic acids is 4. The van der Waals surface area contributed by atoms with Gasteiger partial charge in [-0.15, -0.1) is 0 Å². The highest BCUT2D eigenvalue weighted by molar-refractivity contribution is 5.94. The quantitative estimate of drug-likeness (QED) is 0.0335. The Bertz CT molecular complexity index is 2570. The first-order chi connectivity index (χ1) is 34.2. The highest BCUT2D eigenvalue weighted by Gasteiger charge is 2.15. The van der Waals surface area contributed by atoms with E-state index in [4.69, 9.17) is 18.9 Å². The maximum Gasteiger partial charge on any atom is 0.343 e. The Kier molecular flexibility index (Phi) is 18.9. The summed E-state index contributed by atoms with van der Waals surface area (Å²) in [7, 11) is 0. The lowest BCUT2D eigenvalue weighted by Gasteiger charge is -2.10. The van der Waals surface area contributed by atoms with Gasteiger partial charge in [0.25, 0.3) is 0 Å². The lowest BCUT2D eigenvalue weighted by Crippen LogP contribution is -2.10. The smallest absolute Gasteiger partial charge is 0.343 e. The third-order valence-electron chi connectivity index (χ3n) is 12.3. The van der Waals surface area contributed by atoms with Crippen LogP contribution in [-0.2, 0) is 12.8 Å². The van der Waals surface area contributed by atoms with Crippen LogP contribution < -0.4 is 18.9 Å². The molecule has 0 fully saturated rings. The molecule has 0 heterocycles. The number of unbranched alkanes of at least 4 members (excludes halogenated alkanes) is 10. The number of hydrogen-bond donors (Lipinski definition) is 0. The third kappa shape index (κ3) is 15.2. The van der Waals surface area contributed by atoms with E-state index in [9.17, 15) is 19.2 Å². The molecule has 0 aliphatic carbocycles. The SMILES string of the molecule is CCCCCCCCc1ccc(C(=O)Oc2ccc(C(=O)Oc3ccc(-c4cccc(-c5ccc(OC(=O)c6ccc(OC(=O)c7ccc(CCCCCCCC)cc7)cc6)cc5)c4)cc3)cc2)cc1. The molecule has 0 aliphatic rings. The first-order valence-electron chi connectivity index (χ1n) is 24.8. The summed E-state index contributed by atoms with van der Waals surface area (Å²) in [6.07, 6.45) is 16.9. The van der Waals surface area contributed by atoms with Gasteiger partial charge in [-0.1, -0.05) is 145 Å². The zero-order valence-corrected chi connectivity index (χ0v) is 40.3. The predicted molar refractivity (Wildman–Crippen MR) is 277 cm³/mol. The van der Waals surface area contributed by atoms with E-state index in [1.807, 2.05) is 66.7 Å². The average molecular weight is 935 g/mol. The minimum Gasteiger partial charge on any atom is -0.423 e. The van der Waals surface area contributed by atoms with Crippen LogP contribution in [0.2, 0.25) is 0 Å². The number of hydrogen-bond acceptors (Lipinski definition) is 8. The molecule has 0 saturated heterocycles. The van der Waals surface area contributed by atoms with Crippen LogP contribution >= 0.6 is 0 Å². The predicted octanol–water partition coefficient (Wildman–Crippen LogP) is 15.7. The van der Waals surface area contributed by atoms with E-state index in [0.29, 0.717) is 45.3 Å². The van der Waals surface area contributed by atoms with Gasteiger partial charge in [0.1, 0.15) is 23.0 Å². The van der Waals surface area contributed by atoms with Crippen molar-refractivity contribution in [1.82, 2.24) is 0 Å². The minimum atomic E-state index is -0.533. The molecule has 8 nitrogen and oxygen atoms in total. The number of carbonyl (C=O) groups is 4. The summed E-state index contributed by atoms with van der Waals surface area (Å²) >= 11 is 0. The van der Waals surface area contributed by atoms with Crippen molar-refractivity contribution in [1.29, 1.82) is 0 Å². The Morgan fingerprint density at radius 3 is 0.886 bits per heavy atom. The van der Waals surface area contributed by atoms with Crippen molar-refractivity contribution in [2.45, 2.75) is 104 Å². The standard InChI is InChI=1S/C62H62O8/c1-3-5-7-9-11-13-16-45-20-24-49(25-21-45)59(63)69-57-40-32-51(33-41-57)61(65)67-55-36-28-47(29-37-55)53-18-15-19-54(44-53)48-30-38-56(39-31-48)68-62(66)52-34-42-58(43-35-52)70-60(64)50-26-22-46(23-27-50)17-14-12-10-8-6-4-2/h15,18-44H,3-14,16-17H2,1-2H3. The van der Waals surface area contributed by atoms with Crippen molar-refractivity contribution in [3.05, 3.63) is 203 Å². The summed E-state index contributed by atoms with van der Waals surface area (Å²) < 4.78 is 22.5. The van der Waals surface area contributed by atoms with Crippen LogP contribution in [0.3, 0.4) is 0 Å². The fraction of sp³-hybridized carbons (Fsp3) is 0.258. The van der Waals surface area contributed by atoms with E-state index < -0.39 is 23.9 Å². The Hall–Kier alpha value is -7.58. The van der Waals surface area contributed by atoms with Crippen LogP contribution in [-0.4, -0.2) is 23.9 Å². The maximum atomic E-state index is 13.0. The molecule has 7 aromatic carbocycles. The first kappa shape index (κ1) is 50.3. The van der Waals surface area contributed by atoms with Crippen LogP contribution in [0.5, 0.6) is 23.0 Å². The van der Waals surface area contributed by atoms with E-state index in [1.54, 1.807) is 97.1 Å². The van der Waals surface area contributed by atoms with Gasteiger partial charge in [0, 0.05) is 0 Å². The van der Waals surface area contributed by atoms with Gasteiger partial charge in [0.2, 0.25) is 0 Å². The van der Waals surface area contributed by atoms with Gasteiger partial charge >= 0.3 is 23.9 Å². The normalized spacial score (nSPS) is 10.9. The molecular formula is C62H62O8. The van der Waals surface area contributed by atoms with E-state index in [1.165, 1.54) is 75.3 Å². The summed E-state index contributed by atoms with van der Waals surface area (Å²) in [6, 6.07) is 50.3. The molecule has 70 heavy (non-hydrogen) atoms. The average Bonchev–Trinajstić information content (AvgIpc) is 3.39. The molecule has 0 atom stereocenters. The second-order valence-electron chi connectivity index (χ2n) is 17.7. The number of benzene rings is 7. The van der Waals surface area contributed by atoms with Gasteiger partial charge in [0.15, 0.2) is 0 Å². The Labute approximate surface area is 412 Å². The lowest BCUT2D eigenvalue weighted by molar-refractivity contribution is 0.0720. The molecule has 0 amide bonds. The summed E-state index contributed by atoms with van der Waals surface area (Å²) in [4.78, 5) is 51.6. The van der Waals surface area contributed by atoms with E-state index in [2.05, 4.69) is 19.9 Å². The largest absolute Gasteiger partial charge is 0.423 e. The van der Waals surface area contributed by atoms with Crippen LogP contribution in [0.1, 0.15) is 143 Å². The van der Waals surface area contributed by atoms with Gasteiger partial charge < -0.3 is 18.9 Å². The van der Waals surface area contributed by atoms with Gasteiger partial charge in [0.05, 0.1) is 22.3 Å². The Morgan fingerprint density at radius 2 is 0.571 bits per heavy atom. The molecule has 7 aromatic rings. The Morgan fingerprint density at radius 1 is 0.300 bits per heavy atom. The van der Waals surface area contributed by atoms with E-state index in [-0.39, 0.29) is 0 Å². The second-order valence-corrected chi connectivity index (χ2v) is 17.7.